The number of rotatable bonds is 4. The van der Waals surface area contributed by atoms with E-state index in [1.807, 2.05) is 49.5 Å². The van der Waals surface area contributed by atoms with Crippen molar-refractivity contribution in [1.29, 1.82) is 0 Å². The molecule has 0 spiro atoms. The summed E-state index contributed by atoms with van der Waals surface area (Å²) >= 11 is 0. The minimum Gasteiger partial charge on any atom is -0.467 e. The average molecular weight is 227 g/mol. The third-order valence-corrected chi connectivity index (χ3v) is 2.41. The molecule has 0 amide bonds. The van der Waals surface area contributed by atoms with Crippen molar-refractivity contribution in [3.63, 3.8) is 0 Å². The monoisotopic (exact) mass is 227 g/mol. The first-order valence-electron chi connectivity index (χ1n) is 5.70. The molecule has 0 aliphatic carbocycles. The summed E-state index contributed by atoms with van der Waals surface area (Å²) in [5.41, 5.74) is 1.26. The van der Waals surface area contributed by atoms with E-state index >= 15 is 0 Å². The van der Waals surface area contributed by atoms with Gasteiger partial charge in [0.05, 0.1) is 6.54 Å². The molecule has 0 radical (unpaired) electrons. The number of hydrogen-bond donors (Lipinski definition) is 1. The number of nitrogens with one attached hydrogen (secondary N) is 1. The fourth-order valence-electron chi connectivity index (χ4n) is 1.65. The van der Waals surface area contributed by atoms with E-state index in [1.54, 1.807) is 0 Å². The van der Waals surface area contributed by atoms with E-state index in [0.29, 0.717) is 0 Å². The van der Waals surface area contributed by atoms with Gasteiger partial charge < -0.3 is 9.64 Å². The average Bonchev–Trinajstić information content (AvgIpc) is 2.32. The Hall–Kier alpha value is -1.80. The highest BCUT2D eigenvalue weighted by Gasteiger charge is 1.98. The number of benzene rings is 2. The first-order chi connectivity index (χ1) is 8.24. The largest absolute Gasteiger partial charge is 0.467 e. The van der Waals surface area contributed by atoms with Gasteiger partial charge in [-0.05, 0) is 36.4 Å². The molecule has 0 aliphatic heterocycles. The van der Waals surface area contributed by atoms with Crippen LogP contribution in [-0.4, -0.2) is 7.05 Å². The molecule has 1 unspecified atom stereocenters. The molecule has 0 fully saturated rings. The van der Waals surface area contributed by atoms with E-state index in [0.717, 1.165) is 18.0 Å². The molecule has 17 heavy (non-hydrogen) atoms. The predicted molar refractivity (Wildman–Crippen MR) is 68.9 cm³/mol. The van der Waals surface area contributed by atoms with E-state index < -0.39 is 0 Å². The van der Waals surface area contributed by atoms with Crippen molar-refractivity contribution in [2.75, 3.05) is 7.05 Å². The summed E-state index contributed by atoms with van der Waals surface area (Å²) in [5.74, 6) is 1.72. The molecule has 0 saturated carbocycles. The lowest BCUT2D eigenvalue weighted by Crippen LogP contribution is -3.01. The normalized spacial score (nSPS) is 12.1. The number of hydrogen-bond acceptors (Lipinski definition) is 1. The van der Waals surface area contributed by atoms with Crippen molar-refractivity contribution in [3.8, 4) is 11.5 Å². The maximum absolute atomic E-state index is 5.72. The summed E-state index contributed by atoms with van der Waals surface area (Å²) in [6, 6.07) is 17.9. The lowest BCUT2D eigenvalue weighted by Gasteiger charge is -2.14. The summed E-state index contributed by atoms with van der Waals surface area (Å²) in [4.78, 5) is 1.17. The minimum atomic E-state index is 0.861. The fourth-order valence-corrected chi connectivity index (χ4v) is 1.65. The van der Waals surface area contributed by atoms with E-state index in [-0.39, 0.29) is 0 Å². The quantitative estimate of drug-likeness (QED) is 0.791. The van der Waals surface area contributed by atoms with Crippen molar-refractivity contribution in [1.82, 2.24) is 0 Å². The van der Waals surface area contributed by atoms with Crippen LogP contribution in [0, 0.1) is 7.05 Å². The molecule has 0 aromatic heterocycles. The molecule has 1 atom stereocenters. The van der Waals surface area contributed by atoms with Gasteiger partial charge in [0, 0.05) is 12.6 Å². The Bertz CT molecular complexity index is 448. The Morgan fingerprint density at radius 1 is 0.941 bits per heavy atom. The number of ether oxygens (including phenoxy) is 1. The van der Waals surface area contributed by atoms with Crippen LogP contribution in [0.3, 0.4) is 0 Å². The first-order valence-corrected chi connectivity index (χ1v) is 5.70. The lowest BCUT2D eigenvalue weighted by molar-refractivity contribution is -0.846. The second-order valence-corrected chi connectivity index (χ2v) is 4.19. The topological polar surface area (TPSA) is 13.7 Å². The Morgan fingerprint density at radius 2 is 1.53 bits per heavy atom. The predicted octanol–water partition coefficient (Wildman–Crippen LogP) is 2.29. The molecule has 2 rings (SSSR count). The summed E-state index contributed by atoms with van der Waals surface area (Å²) in [6.07, 6.45) is 0. The summed E-state index contributed by atoms with van der Waals surface area (Å²) < 4.78 is 5.72. The molecular weight excluding hydrogens is 210 g/mol. The van der Waals surface area contributed by atoms with Crippen LogP contribution in [0.25, 0.3) is 0 Å². The SMILES string of the molecule is [CH2-][NH+](C)Cc1ccc(Oc2ccccc2)cc1. The second kappa shape index (κ2) is 5.51. The van der Waals surface area contributed by atoms with Crippen molar-refractivity contribution in [2.24, 2.45) is 0 Å². The maximum Gasteiger partial charge on any atom is 0.127 e. The Kier molecular flexibility index (Phi) is 3.78. The third kappa shape index (κ3) is 3.61. The zero-order valence-electron chi connectivity index (χ0n) is 10.0. The second-order valence-electron chi connectivity index (χ2n) is 4.19. The zero-order chi connectivity index (χ0) is 12.1. The van der Waals surface area contributed by atoms with Crippen LogP contribution in [0.5, 0.6) is 11.5 Å². The van der Waals surface area contributed by atoms with Gasteiger partial charge in [0.25, 0.3) is 0 Å². The van der Waals surface area contributed by atoms with E-state index in [4.69, 9.17) is 4.74 Å². The lowest BCUT2D eigenvalue weighted by atomic mass is 10.2. The molecule has 0 aliphatic rings. The summed E-state index contributed by atoms with van der Waals surface area (Å²) in [7, 11) is 5.95. The van der Waals surface area contributed by atoms with Crippen LogP contribution < -0.4 is 9.64 Å². The van der Waals surface area contributed by atoms with Gasteiger partial charge in [-0.1, -0.05) is 18.2 Å². The molecule has 2 nitrogen and oxygen atoms in total. The smallest absolute Gasteiger partial charge is 0.127 e. The number of para-hydroxylation sites is 1. The Morgan fingerprint density at radius 3 is 2.12 bits per heavy atom. The maximum atomic E-state index is 5.72. The molecule has 2 aromatic carbocycles. The van der Waals surface area contributed by atoms with Gasteiger partial charge in [-0.2, -0.15) is 7.05 Å². The first kappa shape index (κ1) is 11.7. The van der Waals surface area contributed by atoms with Crippen LogP contribution in [-0.2, 0) is 6.54 Å². The molecule has 0 bridgehead atoms. The summed E-state index contributed by atoms with van der Waals surface area (Å²) in [6.45, 7) is 0.922. The van der Waals surface area contributed by atoms with Crippen LogP contribution in [0.4, 0.5) is 0 Å². The van der Waals surface area contributed by atoms with Crippen LogP contribution >= 0.6 is 0 Å². The van der Waals surface area contributed by atoms with Crippen LogP contribution in [0.1, 0.15) is 5.56 Å². The van der Waals surface area contributed by atoms with E-state index in [1.165, 1.54) is 10.5 Å². The van der Waals surface area contributed by atoms with Crippen LogP contribution in [0.15, 0.2) is 54.6 Å². The number of quaternary nitrogens is 1. The molecule has 0 heterocycles. The van der Waals surface area contributed by atoms with Gasteiger partial charge >= 0.3 is 0 Å². The fraction of sp³-hybridized carbons (Fsp3) is 0.133. The van der Waals surface area contributed by atoms with E-state index in [9.17, 15) is 0 Å². The van der Waals surface area contributed by atoms with Gasteiger partial charge in [-0.15, -0.1) is 0 Å². The third-order valence-electron chi connectivity index (χ3n) is 2.41. The molecule has 1 N–H and O–H groups in total. The zero-order valence-corrected chi connectivity index (χ0v) is 10.0. The van der Waals surface area contributed by atoms with Crippen molar-refractivity contribution in [2.45, 2.75) is 6.54 Å². The molecule has 88 valence electrons. The van der Waals surface area contributed by atoms with Gasteiger partial charge in [0.1, 0.15) is 11.5 Å². The summed E-state index contributed by atoms with van der Waals surface area (Å²) in [5, 5.41) is 0. The van der Waals surface area contributed by atoms with Crippen LogP contribution in [0.2, 0.25) is 0 Å². The molecule has 2 heteroatoms. The van der Waals surface area contributed by atoms with Gasteiger partial charge in [-0.25, -0.2) is 0 Å². The van der Waals surface area contributed by atoms with Crippen molar-refractivity contribution < 1.29 is 9.64 Å². The van der Waals surface area contributed by atoms with E-state index in [2.05, 4.69) is 19.2 Å². The Balaban J connectivity index is 2.03. The van der Waals surface area contributed by atoms with Gasteiger partial charge in [0.15, 0.2) is 0 Å². The van der Waals surface area contributed by atoms with Crippen molar-refractivity contribution >= 4 is 0 Å². The molecular formula is C15H17NO. The van der Waals surface area contributed by atoms with Gasteiger partial charge in [-0.3, -0.25) is 0 Å². The van der Waals surface area contributed by atoms with Crippen molar-refractivity contribution in [3.05, 3.63) is 67.2 Å². The standard InChI is InChI=1S/C15H17NO/c1-16(2)12-13-8-10-15(11-9-13)17-14-6-4-3-5-7-14/h3-11,16H,1,12H2,2H3. The Labute approximate surface area is 102 Å². The van der Waals surface area contributed by atoms with Gasteiger partial charge in [0.2, 0.25) is 0 Å². The highest BCUT2D eigenvalue weighted by Crippen LogP contribution is 2.20. The minimum absolute atomic E-state index is 0.861. The highest BCUT2D eigenvalue weighted by atomic mass is 16.5. The highest BCUT2D eigenvalue weighted by molar-refractivity contribution is 5.32. The molecule has 0 saturated heterocycles. The molecule has 2 aromatic rings.